The third kappa shape index (κ3) is 4.05. The number of rotatable bonds is 4. The Labute approximate surface area is 107 Å². The molecule has 0 saturated carbocycles. The highest BCUT2D eigenvalue weighted by Gasteiger charge is 2.03. The van der Waals surface area contributed by atoms with Gasteiger partial charge < -0.3 is 5.11 Å². The fourth-order valence-corrected chi connectivity index (χ4v) is 1.45. The van der Waals surface area contributed by atoms with Crippen molar-refractivity contribution in [2.24, 2.45) is 0 Å². The van der Waals surface area contributed by atoms with Crippen LogP contribution in [-0.2, 0) is 11.2 Å². The molecule has 2 rings (SSSR count). The smallest absolute Gasteiger partial charge is 0.303 e. The van der Waals surface area contributed by atoms with Gasteiger partial charge in [-0.2, -0.15) is 5.10 Å². The maximum Gasteiger partial charge on any atom is 0.303 e. The molecule has 0 spiro atoms. The van der Waals surface area contributed by atoms with Gasteiger partial charge in [0.2, 0.25) is 0 Å². The quantitative estimate of drug-likeness (QED) is 0.902. The van der Waals surface area contributed by atoms with Crippen LogP contribution in [0.2, 0.25) is 0 Å². The molecule has 96 valence electrons. The largest absolute Gasteiger partial charge is 0.481 e. The summed E-state index contributed by atoms with van der Waals surface area (Å²) in [4.78, 5) is 10.4. The molecule has 0 bridgehead atoms. The van der Waals surface area contributed by atoms with Gasteiger partial charge in [-0.3, -0.25) is 4.79 Å². The van der Waals surface area contributed by atoms with Crippen LogP contribution >= 0.6 is 0 Å². The first-order chi connectivity index (χ1) is 8.75. The van der Waals surface area contributed by atoms with Gasteiger partial charge in [0.25, 0.3) is 0 Å². The van der Waals surface area contributed by atoms with Crippen molar-refractivity contribution in [3.63, 3.8) is 0 Å². The highest BCUT2D eigenvalue weighted by Crippen LogP contribution is 2.07. The van der Waals surface area contributed by atoms with E-state index in [2.05, 4.69) is 5.10 Å². The van der Waals surface area contributed by atoms with Gasteiger partial charge in [-0.05, 0) is 18.2 Å². The number of hydrogen-bond donors (Lipinski definition) is 1. The Morgan fingerprint density at radius 2 is 1.89 bits per heavy atom. The summed E-state index contributed by atoms with van der Waals surface area (Å²) < 4.78 is 1.75. The summed E-state index contributed by atoms with van der Waals surface area (Å²) in [6.07, 6.45) is 2.42. The minimum atomic E-state index is -0.797. The molecular formula is C14H18N2O2. The molecule has 2 aromatic rings. The fraction of sp³-hybridized carbons (Fsp3) is 0.286. The van der Waals surface area contributed by atoms with Crippen LogP contribution in [0.5, 0.6) is 0 Å². The van der Waals surface area contributed by atoms with Crippen LogP contribution in [-0.4, -0.2) is 20.9 Å². The Balaban J connectivity index is 0.000000771. The molecule has 0 aliphatic rings. The molecule has 0 radical (unpaired) electrons. The van der Waals surface area contributed by atoms with Crippen molar-refractivity contribution in [2.45, 2.75) is 26.7 Å². The second-order valence-electron chi connectivity index (χ2n) is 3.48. The average molecular weight is 246 g/mol. The van der Waals surface area contributed by atoms with Gasteiger partial charge in [0.1, 0.15) is 0 Å². The van der Waals surface area contributed by atoms with Gasteiger partial charge in [0, 0.05) is 12.6 Å². The first-order valence-corrected chi connectivity index (χ1v) is 6.07. The van der Waals surface area contributed by atoms with Crippen LogP contribution in [0.25, 0.3) is 5.69 Å². The zero-order valence-corrected chi connectivity index (χ0v) is 10.7. The predicted octanol–water partition coefficient (Wildman–Crippen LogP) is 2.92. The number of carboxylic acids is 1. The number of carboxylic acid groups (broad SMARTS) is 1. The predicted molar refractivity (Wildman–Crippen MR) is 70.9 cm³/mol. The van der Waals surface area contributed by atoms with Crippen LogP contribution < -0.4 is 0 Å². The number of aliphatic carboxylic acids is 1. The van der Waals surface area contributed by atoms with Crippen molar-refractivity contribution in [1.82, 2.24) is 9.78 Å². The van der Waals surface area contributed by atoms with Gasteiger partial charge in [0.05, 0.1) is 17.8 Å². The minimum absolute atomic E-state index is 0.117. The first-order valence-electron chi connectivity index (χ1n) is 6.07. The zero-order chi connectivity index (χ0) is 13.4. The molecule has 0 unspecified atom stereocenters. The van der Waals surface area contributed by atoms with Gasteiger partial charge in [0.15, 0.2) is 0 Å². The summed E-state index contributed by atoms with van der Waals surface area (Å²) >= 11 is 0. The SMILES string of the molecule is CC.O=C(O)CCc1ccn(-c2ccccc2)n1. The molecule has 0 amide bonds. The lowest BCUT2D eigenvalue weighted by molar-refractivity contribution is -0.136. The average Bonchev–Trinajstić information content (AvgIpc) is 2.88. The Morgan fingerprint density at radius 1 is 1.22 bits per heavy atom. The van der Waals surface area contributed by atoms with Crippen molar-refractivity contribution in [1.29, 1.82) is 0 Å². The number of aryl methyl sites for hydroxylation is 1. The van der Waals surface area contributed by atoms with E-state index in [-0.39, 0.29) is 6.42 Å². The molecule has 1 aromatic heterocycles. The Hall–Kier alpha value is -2.10. The Bertz CT molecular complexity index is 478. The Morgan fingerprint density at radius 3 is 2.50 bits per heavy atom. The molecule has 0 saturated heterocycles. The molecular weight excluding hydrogens is 228 g/mol. The third-order valence-electron chi connectivity index (χ3n) is 2.26. The van der Waals surface area contributed by atoms with E-state index in [0.29, 0.717) is 6.42 Å². The maximum absolute atomic E-state index is 10.4. The Kier molecular flexibility index (Phi) is 5.64. The monoisotopic (exact) mass is 246 g/mol. The van der Waals surface area contributed by atoms with Crippen LogP contribution in [0, 0.1) is 0 Å². The van der Waals surface area contributed by atoms with E-state index in [1.165, 1.54) is 0 Å². The van der Waals surface area contributed by atoms with Crippen LogP contribution in [0.3, 0.4) is 0 Å². The number of carbonyl (C=O) groups is 1. The number of benzene rings is 1. The van der Waals surface area contributed by atoms with Crippen molar-refractivity contribution in [2.75, 3.05) is 0 Å². The van der Waals surface area contributed by atoms with E-state index in [4.69, 9.17) is 5.11 Å². The molecule has 1 N–H and O–H groups in total. The summed E-state index contributed by atoms with van der Waals surface area (Å²) in [5.41, 5.74) is 1.77. The molecule has 0 fully saturated rings. The summed E-state index contributed by atoms with van der Waals surface area (Å²) in [5, 5.41) is 12.9. The summed E-state index contributed by atoms with van der Waals surface area (Å²) in [5.74, 6) is -0.797. The van der Waals surface area contributed by atoms with Gasteiger partial charge >= 0.3 is 5.97 Å². The second kappa shape index (κ2) is 7.27. The van der Waals surface area contributed by atoms with Crippen molar-refractivity contribution < 1.29 is 9.90 Å². The number of nitrogens with zero attached hydrogens (tertiary/aromatic N) is 2. The van der Waals surface area contributed by atoms with E-state index in [1.54, 1.807) is 4.68 Å². The lowest BCUT2D eigenvalue weighted by atomic mass is 10.2. The normalized spacial score (nSPS) is 9.44. The van der Waals surface area contributed by atoms with Gasteiger partial charge in [-0.1, -0.05) is 32.0 Å². The zero-order valence-electron chi connectivity index (χ0n) is 10.7. The van der Waals surface area contributed by atoms with Crippen LogP contribution in [0.15, 0.2) is 42.6 Å². The highest BCUT2D eigenvalue weighted by molar-refractivity contribution is 5.66. The second-order valence-corrected chi connectivity index (χ2v) is 3.48. The topological polar surface area (TPSA) is 55.1 Å². The van der Waals surface area contributed by atoms with Crippen LogP contribution in [0.1, 0.15) is 26.0 Å². The van der Waals surface area contributed by atoms with Crippen molar-refractivity contribution >= 4 is 5.97 Å². The highest BCUT2D eigenvalue weighted by atomic mass is 16.4. The molecule has 1 heterocycles. The molecule has 18 heavy (non-hydrogen) atoms. The first kappa shape index (κ1) is 14.0. The van der Waals surface area contributed by atoms with E-state index in [0.717, 1.165) is 11.4 Å². The lowest BCUT2D eigenvalue weighted by Gasteiger charge is -1.99. The van der Waals surface area contributed by atoms with Crippen LogP contribution in [0.4, 0.5) is 0 Å². The molecule has 0 aliphatic heterocycles. The summed E-state index contributed by atoms with van der Waals surface area (Å²) in [6.45, 7) is 4.00. The molecule has 1 aromatic carbocycles. The van der Waals surface area contributed by atoms with Crippen molar-refractivity contribution in [3.8, 4) is 5.69 Å². The number of para-hydroxylation sites is 1. The number of aromatic nitrogens is 2. The third-order valence-corrected chi connectivity index (χ3v) is 2.26. The van der Waals surface area contributed by atoms with Crippen molar-refractivity contribution in [3.05, 3.63) is 48.3 Å². The number of hydrogen-bond acceptors (Lipinski definition) is 2. The van der Waals surface area contributed by atoms with Gasteiger partial charge in [-0.15, -0.1) is 0 Å². The van der Waals surface area contributed by atoms with E-state index < -0.39 is 5.97 Å². The molecule has 4 nitrogen and oxygen atoms in total. The van der Waals surface area contributed by atoms with E-state index in [9.17, 15) is 4.79 Å². The minimum Gasteiger partial charge on any atom is -0.481 e. The molecule has 4 heteroatoms. The molecule has 0 aliphatic carbocycles. The van der Waals surface area contributed by atoms with Gasteiger partial charge in [-0.25, -0.2) is 4.68 Å². The summed E-state index contributed by atoms with van der Waals surface area (Å²) in [6, 6.07) is 11.6. The maximum atomic E-state index is 10.4. The molecule has 0 atom stereocenters. The van der Waals surface area contributed by atoms with E-state index >= 15 is 0 Å². The van der Waals surface area contributed by atoms with E-state index in [1.807, 2.05) is 56.4 Å². The summed E-state index contributed by atoms with van der Waals surface area (Å²) in [7, 11) is 0. The standard InChI is InChI=1S/C12H12N2O2.C2H6/c15-12(16)7-6-10-8-9-14(13-10)11-4-2-1-3-5-11;1-2/h1-5,8-9H,6-7H2,(H,15,16);1-2H3. The fourth-order valence-electron chi connectivity index (χ4n) is 1.45. The lowest BCUT2D eigenvalue weighted by Crippen LogP contribution is -1.99.